The number of hydrogen-bond acceptors (Lipinski definition) is 8. The Kier molecular flexibility index (Phi) is 6.50. The third kappa shape index (κ3) is 5.12. The molecule has 11 heteroatoms. The van der Waals surface area contributed by atoms with Gasteiger partial charge >= 0.3 is 0 Å². The van der Waals surface area contributed by atoms with Crippen LogP contribution in [-0.4, -0.2) is 68.9 Å². The number of aromatic nitrogens is 1. The van der Waals surface area contributed by atoms with Crippen LogP contribution in [0.25, 0.3) is 0 Å². The van der Waals surface area contributed by atoms with Gasteiger partial charge in [0.2, 0.25) is 10.0 Å². The van der Waals surface area contributed by atoms with Crippen LogP contribution in [0.2, 0.25) is 5.02 Å². The average Bonchev–Trinajstić information content (AvgIpc) is 3.15. The van der Waals surface area contributed by atoms with E-state index in [0.717, 1.165) is 0 Å². The molecule has 2 aliphatic rings. The summed E-state index contributed by atoms with van der Waals surface area (Å²) < 4.78 is 44.6. The van der Waals surface area contributed by atoms with Crippen molar-refractivity contribution in [2.24, 2.45) is 0 Å². The van der Waals surface area contributed by atoms with Gasteiger partial charge in [-0.25, -0.2) is 18.1 Å². The molecule has 0 radical (unpaired) electrons. The fourth-order valence-corrected chi connectivity index (χ4v) is 4.85. The summed E-state index contributed by atoms with van der Waals surface area (Å²) in [5.74, 6) is -0.559. The van der Waals surface area contributed by atoms with Crippen molar-refractivity contribution in [3.63, 3.8) is 0 Å². The highest BCUT2D eigenvalue weighted by atomic mass is 35.5. The molecule has 1 aromatic heterocycles. The fourth-order valence-electron chi connectivity index (χ4n) is 3.42. The van der Waals surface area contributed by atoms with E-state index >= 15 is 0 Å². The molecule has 2 fully saturated rings. The van der Waals surface area contributed by atoms with E-state index in [1.54, 1.807) is 13.8 Å². The molecule has 28 heavy (non-hydrogen) atoms. The van der Waals surface area contributed by atoms with Crippen LogP contribution in [0.15, 0.2) is 17.2 Å². The molecule has 0 bridgehead atoms. The molecule has 1 aliphatic heterocycles. The zero-order valence-electron chi connectivity index (χ0n) is 16.0. The Balaban J connectivity index is 1.72. The molecule has 0 amide bonds. The Labute approximate surface area is 169 Å². The summed E-state index contributed by atoms with van der Waals surface area (Å²) in [6.07, 6.45) is 1.04. The van der Waals surface area contributed by atoms with Crippen LogP contribution < -0.4 is 10.0 Å². The Morgan fingerprint density at radius 3 is 2.79 bits per heavy atom. The molecule has 1 aromatic rings. The normalized spacial score (nSPS) is 29.9. The van der Waals surface area contributed by atoms with Gasteiger partial charge in [0.15, 0.2) is 5.79 Å². The fraction of sp³-hybridized carbons (Fsp3) is 0.706. The Morgan fingerprint density at radius 2 is 2.18 bits per heavy atom. The van der Waals surface area contributed by atoms with Gasteiger partial charge in [-0.2, -0.15) is 0 Å². The molecule has 3 N–H and O–H groups in total. The number of rotatable bonds is 7. The number of nitrogens with zero attached hydrogens (tertiary/aromatic N) is 1. The SMILES string of the molecule is CO[C@@H]1C[C@H](Nc2ncc(Cl)cc2S(=O)(=O)NC[C@@H]2COC(C)(C)O2)C[C@@H]1O. The lowest BCUT2D eigenvalue weighted by atomic mass is 10.2. The molecule has 1 saturated heterocycles. The summed E-state index contributed by atoms with van der Waals surface area (Å²) in [7, 11) is -2.37. The zero-order chi connectivity index (χ0) is 20.5. The van der Waals surface area contributed by atoms with E-state index < -0.39 is 21.9 Å². The Hall–Kier alpha value is -1.01. The van der Waals surface area contributed by atoms with E-state index in [-0.39, 0.29) is 40.5 Å². The number of nitrogens with one attached hydrogen (secondary N) is 2. The zero-order valence-corrected chi connectivity index (χ0v) is 17.6. The molecular weight excluding hydrogens is 410 g/mol. The highest BCUT2D eigenvalue weighted by Crippen LogP contribution is 2.29. The second kappa shape index (κ2) is 8.39. The third-order valence-corrected chi connectivity index (χ3v) is 6.44. The molecule has 9 nitrogen and oxygen atoms in total. The molecule has 0 aromatic carbocycles. The van der Waals surface area contributed by atoms with E-state index in [1.165, 1.54) is 19.4 Å². The predicted molar refractivity (Wildman–Crippen MR) is 103 cm³/mol. The largest absolute Gasteiger partial charge is 0.390 e. The number of halogens is 1. The second-order valence-corrected chi connectivity index (χ2v) is 9.63. The number of anilines is 1. The molecular formula is C17H26ClN3O6S. The molecule has 1 aliphatic carbocycles. The number of aliphatic hydroxyl groups excluding tert-OH is 1. The van der Waals surface area contributed by atoms with Crippen LogP contribution in [0.3, 0.4) is 0 Å². The van der Waals surface area contributed by atoms with Gasteiger partial charge in [0.05, 0.1) is 29.9 Å². The summed E-state index contributed by atoms with van der Waals surface area (Å²) >= 11 is 5.99. The van der Waals surface area contributed by atoms with E-state index in [9.17, 15) is 13.5 Å². The lowest BCUT2D eigenvalue weighted by Crippen LogP contribution is -2.35. The first-order valence-electron chi connectivity index (χ1n) is 9.04. The van der Waals surface area contributed by atoms with E-state index in [2.05, 4.69) is 15.0 Å². The van der Waals surface area contributed by atoms with Crippen LogP contribution in [0.4, 0.5) is 5.82 Å². The van der Waals surface area contributed by atoms with Gasteiger partial charge in [-0.05, 0) is 32.8 Å². The van der Waals surface area contributed by atoms with Gasteiger partial charge in [-0.15, -0.1) is 0 Å². The first-order valence-corrected chi connectivity index (χ1v) is 10.9. The van der Waals surface area contributed by atoms with Crippen LogP contribution in [0, 0.1) is 0 Å². The standard InChI is InChI=1S/C17H26ClN3O6S/c1-17(2)26-9-12(27-17)8-20-28(23,24)15-4-10(18)7-19-16(15)21-11-5-13(22)14(6-11)25-3/h4,7,11-14,20,22H,5-6,8-9H2,1-3H3,(H,19,21)/t11-,12-,13+,14-/m1/s1. The van der Waals surface area contributed by atoms with E-state index in [4.69, 9.17) is 25.8 Å². The first-order chi connectivity index (χ1) is 13.1. The van der Waals surface area contributed by atoms with Gasteiger partial charge in [0.1, 0.15) is 10.7 Å². The number of pyridine rings is 1. The number of sulfonamides is 1. The minimum Gasteiger partial charge on any atom is -0.390 e. The van der Waals surface area contributed by atoms with Crippen molar-refractivity contribution in [2.75, 3.05) is 25.6 Å². The van der Waals surface area contributed by atoms with Crippen molar-refractivity contribution in [3.05, 3.63) is 17.3 Å². The minimum absolute atomic E-state index is 0.0611. The Morgan fingerprint density at radius 1 is 1.43 bits per heavy atom. The highest BCUT2D eigenvalue weighted by molar-refractivity contribution is 7.89. The van der Waals surface area contributed by atoms with Gasteiger partial charge in [-0.1, -0.05) is 11.6 Å². The molecule has 2 heterocycles. The second-order valence-electron chi connectivity index (χ2n) is 7.46. The van der Waals surface area contributed by atoms with Gasteiger partial charge in [0, 0.05) is 25.9 Å². The molecule has 158 valence electrons. The topological polar surface area (TPSA) is 119 Å². The summed E-state index contributed by atoms with van der Waals surface area (Å²) in [5, 5.41) is 13.3. The Bertz CT molecular complexity index is 806. The van der Waals surface area contributed by atoms with Crippen molar-refractivity contribution in [2.45, 2.75) is 61.7 Å². The van der Waals surface area contributed by atoms with Gasteiger partial charge < -0.3 is 24.6 Å². The minimum atomic E-state index is -3.90. The van der Waals surface area contributed by atoms with E-state index in [1.807, 2.05) is 0 Å². The summed E-state index contributed by atoms with van der Waals surface area (Å²) in [5.41, 5.74) is 0. The summed E-state index contributed by atoms with van der Waals surface area (Å²) in [4.78, 5) is 4.08. The molecule has 1 saturated carbocycles. The van der Waals surface area contributed by atoms with E-state index in [0.29, 0.717) is 19.4 Å². The maximum Gasteiger partial charge on any atom is 0.244 e. The summed E-state index contributed by atoms with van der Waals surface area (Å²) in [6, 6.07) is 1.17. The van der Waals surface area contributed by atoms with Gasteiger partial charge in [0.25, 0.3) is 0 Å². The van der Waals surface area contributed by atoms with Crippen LogP contribution in [0.5, 0.6) is 0 Å². The van der Waals surface area contributed by atoms with Crippen LogP contribution >= 0.6 is 11.6 Å². The van der Waals surface area contributed by atoms with Crippen molar-refractivity contribution in [3.8, 4) is 0 Å². The van der Waals surface area contributed by atoms with Crippen molar-refractivity contribution >= 4 is 27.4 Å². The molecule has 0 spiro atoms. The molecule has 4 atom stereocenters. The quantitative estimate of drug-likeness (QED) is 0.582. The first kappa shape index (κ1) is 21.7. The lowest BCUT2D eigenvalue weighted by molar-refractivity contribution is -0.137. The number of methoxy groups -OCH3 is 1. The van der Waals surface area contributed by atoms with Gasteiger partial charge in [-0.3, -0.25) is 0 Å². The van der Waals surface area contributed by atoms with Crippen LogP contribution in [-0.2, 0) is 24.2 Å². The number of ether oxygens (including phenoxy) is 3. The maximum atomic E-state index is 12.9. The summed E-state index contributed by atoms with van der Waals surface area (Å²) in [6.45, 7) is 3.90. The smallest absolute Gasteiger partial charge is 0.244 e. The average molecular weight is 436 g/mol. The monoisotopic (exact) mass is 435 g/mol. The maximum absolute atomic E-state index is 12.9. The lowest BCUT2D eigenvalue weighted by Gasteiger charge is -2.19. The number of hydrogen-bond donors (Lipinski definition) is 3. The van der Waals surface area contributed by atoms with Crippen LogP contribution in [0.1, 0.15) is 26.7 Å². The molecule has 3 rings (SSSR count). The van der Waals surface area contributed by atoms with Crippen molar-refractivity contribution < 1.29 is 27.7 Å². The highest BCUT2D eigenvalue weighted by Gasteiger charge is 2.35. The van der Waals surface area contributed by atoms with Crippen molar-refractivity contribution in [1.29, 1.82) is 0 Å². The van der Waals surface area contributed by atoms with Crippen molar-refractivity contribution in [1.82, 2.24) is 9.71 Å². The number of aliphatic hydroxyl groups is 1. The predicted octanol–water partition coefficient (Wildman–Crippen LogP) is 1.11. The third-order valence-electron chi connectivity index (χ3n) is 4.79. The molecule has 0 unspecified atom stereocenters.